The molecule has 0 atom stereocenters. The van der Waals surface area contributed by atoms with Gasteiger partial charge in [0.25, 0.3) is 0 Å². The number of para-hydroxylation sites is 1. The maximum absolute atomic E-state index is 11.9. The fraction of sp³-hybridized carbons (Fsp3) is 0.182. The molecule has 0 saturated heterocycles. The van der Waals surface area contributed by atoms with E-state index in [1.165, 1.54) is 7.11 Å². The van der Waals surface area contributed by atoms with Gasteiger partial charge in [0.15, 0.2) is 0 Å². The number of fused-ring (bicyclic) bond motifs is 3. The number of benzene rings is 2. The number of nitrogens with zero attached hydrogens (tertiary/aromatic N) is 2. The van der Waals surface area contributed by atoms with Crippen LogP contribution in [0.2, 0.25) is 0 Å². The molecule has 4 aromatic rings. The first-order chi connectivity index (χ1) is 13.6. The highest BCUT2D eigenvalue weighted by Crippen LogP contribution is 2.30. The predicted molar refractivity (Wildman–Crippen MR) is 107 cm³/mol. The third-order valence-corrected chi connectivity index (χ3v) is 4.78. The molecule has 0 radical (unpaired) electrons. The molecule has 2 aromatic heterocycles. The number of esters is 1. The summed E-state index contributed by atoms with van der Waals surface area (Å²) in [6.07, 6.45) is 1.55. The topological polar surface area (TPSA) is 62.6 Å². The smallest absolute Gasteiger partial charge is 0.339 e. The fourth-order valence-electron chi connectivity index (χ4n) is 3.45. The highest BCUT2D eigenvalue weighted by molar-refractivity contribution is 6.08. The van der Waals surface area contributed by atoms with E-state index in [9.17, 15) is 4.79 Å². The Morgan fingerprint density at radius 1 is 0.964 bits per heavy atom. The lowest BCUT2D eigenvalue weighted by Crippen LogP contribution is -2.04. The SMILES string of the molecule is COC(=O)c1cnc2c(c1)c1ccccc1n2Cc1cc(OC)cc(OC)c1. The monoisotopic (exact) mass is 376 g/mol. The van der Waals surface area contributed by atoms with E-state index in [1.54, 1.807) is 20.4 Å². The van der Waals surface area contributed by atoms with Gasteiger partial charge in [-0.15, -0.1) is 0 Å². The average molecular weight is 376 g/mol. The number of pyridine rings is 1. The zero-order valence-corrected chi connectivity index (χ0v) is 15.9. The van der Waals surface area contributed by atoms with Crippen LogP contribution in [0.1, 0.15) is 15.9 Å². The normalized spacial score (nSPS) is 11.0. The molecular formula is C22H20N2O4. The van der Waals surface area contributed by atoms with Gasteiger partial charge in [-0.3, -0.25) is 0 Å². The fourth-order valence-corrected chi connectivity index (χ4v) is 3.45. The van der Waals surface area contributed by atoms with Crippen LogP contribution in [0.5, 0.6) is 11.5 Å². The maximum Gasteiger partial charge on any atom is 0.339 e. The van der Waals surface area contributed by atoms with E-state index in [2.05, 4.69) is 9.55 Å². The standard InChI is InChI=1S/C22H20N2O4/c1-26-16-8-14(9-17(11-16)27-2)13-24-20-7-5-4-6-18(20)19-10-15(22(25)28-3)12-23-21(19)24/h4-12H,13H2,1-3H3. The van der Waals surface area contributed by atoms with Crippen LogP contribution < -0.4 is 9.47 Å². The molecular weight excluding hydrogens is 356 g/mol. The summed E-state index contributed by atoms with van der Waals surface area (Å²) in [7, 11) is 4.63. The van der Waals surface area contributed by atoms with Crippen LogP contribution in [0.15, 0.2) is 54.7 Å². The highest BCUT2D eigenvalue weighted by Gasteiger charge is 2.15. The van der Waals surface area contributed by atoms with E-state index in [0.29, 0.717) is 12.1 Å². The van der Waals surface area contributed by atoms with Crippen molar-refractivity contribution in [1.29, 1.82) is 0 Å². The van der Waals surface area contributed by atoms with E-state index in [4.69, 9.17) is 14.2 Å². The largest absolute Gasteiger partial charge is 0.497 e. The number of ether oxygens (including phenoxy) is 3. The van der Waals surface area contributed by atoms with Crippen LogP contribution in [-0.4, -0.2) is 36.8 Å². The summed E-state index contributed by atoms with van der Waals surface area (Å²) >= 11 is 0. The lowest BCUT2D eigenvalue weighted by Gasteiger charge is -2.11. The van der Waals surface area contributed by atoms with Crippen LogP contribution in [0.3, 0.4) is 0 Å². The first-order valence-corrected chi connectivity index (χ1v) is 8.82. The molecule has 0 aliphatic heterocycles. The quantitative estimate of drug-likeness (QED) is 0.492. The van der Waals surface area contributed by atoms with Crippen molar-refractivity contribution in [2.45, 2.75) is 6.54 Å². The van der Waals surface area contributed by atoms with Gasteiger partial charge in [-0.25, -0.2) is 9.78 Å². The molecule has 0 aliphatic rings. The summed E-state index contributed by atoms with van der Waals surface area (Å²) in [6, 6.07) is 15.7. The second-order valence-corrected chi connectivity index (χ2v) is 6.41. The summed E-state index contributed by atoms with van der Waals surface area (Å²) in [5.74, 6) is 1.07. The van der Waals surface area contributed by atoms with Crippen molar-refractivity contribution in [3.8, 4) is 11.5 Å². The molecule has 4 rings (SSSR count). The molecule has 0 bridgehead atoms. The lowest BCUT2D eigenvalue weighted by molar-refractivity contribution is 0.0600. The summed E-state index contributed by atoms with van der Waals surface area (Å²) in [6.45, 7) is 0.585. The van der Waals surface area contributed by atoms with E-state index in [0.717, 1.165) is 39.0 Å². The Labute approximate surface area is 162 Å². The molecule has 0 unspecified atom stereocenters. The van der Waals surface area contributed by atoms with Crippen molar-refractivity contribution < 1.29 is 19.0 Å². The Bertz CT molecular complexity index is 1160. The van der Waals surface area contributed by atoms with Crippen molar-refractivity contribution >= 4 is 27.9 Å². The Morgan fingerprint density at radius 2 is 1.68 bits per heavy atom. The summed E-state index contributed by atoms with van der Waals surface area (Å²) < 4.78 is 17.7. The summed E-state index contributed by atoms with van der Waals surface area (Å²) in [5.41, 5.74) is 3.29. The number of hydrogen-bond acceptors (Lipinski definition) is 5. The molecule has 0 aliphatic carbocycles. The third-order valence-electron chi connectivity index (χ3n) is 4.78. The first-order valence-electron chi connectivity index (χ1n) is 8.82. The van der Waals surface area contributed by atoms with E-state index in [1.807, 2.05) is 48.5 Å². The molecule has 28 heavy (non-hydrogen) atoms. The average Bonchev–Trinajstić information content (AvgIpc) is 3.06. The first kappa shape index (κ1) is 17.9. The Balaban J connectivity index is 1.90. The van der Waals surface area contributed by atoms with Crippen molar-refractivity contribution in [2.24, 2.45) is 0 Å². The minimum absolute atomic E-state index is 0.399. The van der Waals surface area contributed by atoms with Crippen LogP contribution in [0.4, 0.5) is 0 Å². The molecule has 6 nitrogen and oxygen atoms in total. The van der Waals surface area contributed by atoms with Crippen LogP contribution >= 0.6 is 0 Å². The second kappa shape index (κ2) is 7.23. The van der Waals surface area contributed by atoms with E-state index < -0.39 is 5.97 Å². The Hall–Kier alpha value is -3.54. The highest BCUT2D eigenvalue weighted by atomic mass is 16.5. The third kappa shape index (κ3) is 3.03. The van der Waals surface area contributed by atoms with Crippen molar-refractivity contribution in [3.05, 3.63) is 65.9 Å². The van der Waals surface area contributed by atoms with Crippen molar-refractivity contribution in [2.75, 3.05) is 21.3 Å². The number of carbonyl (C=O) groups excluding carboxylic acids is 1. The van der Waals surface area contributed by atoms with Gasteiger partial charge in [0.2, 0.25) is 0 Å². The van der Waals surface area contributed by atoms with Gasteiger partial charge in [-0.1, -0.05) is 18.2 Å². The second-order valence-electron chi connectivity index (χ2n) is 6.41. The van der Waals surface area contributed by atoms with Gasteiger partial charge in [0, 0.05) is 29.6 Å². The van der Waals surface area contributed by atoms with Crippen molar-refractivity contribution in [3.63, 3.8) is 0 Å². The molecule has 142 valence electrons. The minimum Gasteiger partial charge on any atom is -0.497 e. The minimum atomic E-state index is -0.399. The van der Waals surface area contributed by atoms with Crippen LogP contribution in [0.25, 0.3) is 21.9 Å². The predicted octanol–water partition coefficient (Wildman–Crippen LogP) is 4.04. The van der Waals surface area contributed by atoms with Gasteiger partial charge in [-0.2, -0.15) is 0 Å². The van der Waals surface area contributed by atoms with Gasteiger partial charge < -0.3 is 18.8 Å². The van der Waals surface area contributed by atoms with Crippen molar-refractivity contribution in [1.82, 2.24) is 9.55 Å². The molecule has 0 spiro atoms. The van der Waals surface area contributed by atoms with Gasteiger partial charge in [0.1, 0.15) is 17.1 Å². The molecule has 0 saturated carbocycles. The number of hydrogen-bond donors (Lipinski definition) is 0. The van der Waals surface area contributed by atoms with E-state index in [-0.39, 0.29) is 0 Å². The number of aromatic nitrogens is 2. The molecule has 0 amide bonds. The van der Waals surface area contributed by atoms with Gasteiger partial charge >= 0.3 is 5.97 Å². The maximum atomic E-state index is 11.9. The number of methoxy groups -OCH3 is 3. The molecule has 2 heterocycles. The molecule has 0 N–H and O–H groups in total. The molecule has 6 heteroatoms. The zero-order valence-electron chi connectivity index (χ0n) is 15.9. The summed E-state index contributed by atoms with van der Waals surface area (Å²) in [5, 5.41) is 1.94. The van der Waals surface area contributed by atoms with Crippen LogP contribution in [-0.2, 0) is 11.3 Å². The Kier molecular flexibility index (Phi) is 4.61. The zero-order chi connectivity index (χ0) is 19.7. The molecule has 2 aromatic carbocycles. The Morgan fingerprint density at radius 3 is 2.36 bits per heavy atom. The van der Waals surface area contributed by atoms with E-state index >= 15 is 0 Å². The number of carbonyl (C=O) groups is 1. The molecule has 0 fully saturated rings. The van der Waals surface area contributed by atoms with Gasteiger partial charge in [-0.05, 0) is 29.8 Å². The lowest BCUT2D eigenvalue weighted by atomic mass is 10.1. The van der Waals surface area contributed by atoms with Crippen LogP contribution in [0, 0.1) is 0 Å². The van der Waals surface area contributed by atoms with Gasteiger partial charge in [0.05, 0.1) is 32.4 Å². The summed E-state index contributed by atoms with van der Waals surface area (Å²) in [4.78, 5) is 16.5. The number of rotatable bonds is 5.